The summed E-state index contributed by atoms with van der Waals surface area (Å²) in [5, 5.41) is 13.3. The van der Waals surface area contributed by atoms with Crippen molar-refractivity contribution in [3.05, 3.63) is 41.0 Å². The van der Waals surface area contributed by atoms with E-state index < -0.39 is 0 Å². The molecule has 0 saturated carbocycles. The quantitative estimate of drug-likeness (QED) is 0.790. The molecular weight excluding hydrogens is 264 g/mol. The highest BCUT2D eigenvalue weighted by molar-refractivity contribution is 5.78. The van der Waals surface area contributed by atoms with Gasteiger partial charge < -0.3 is 5.32 Å². The van der Waals surface area contributed by atoms with E-state index in [0.717, 1.165) is 35.5 Å². The topological polar surface area (TPSA) is 60.6 Å². The van der Waals surface area contributed by atoms with E-state index in [0.29, 0.717) is 0 Å². The van der Waals surface area contributed by atoms with Crippen molar-refractivity contribution in [1.82, 2.24) is 29.9 Å². The zero-order chi connectivity index (χ0) is 15.0. The molecule has 0 bridgehead atoms. The average molecular weight is 284 g/mol. The van der Waals surface area contributed by atoms with Crippen molar-refractivity contribution < 1.29 is 0 Å². The van der Waals surface area contributed by atoms with Crippen LogP contribution in [0.1, 0.15) is 22.5 Å². The van der Waals surface area contributed by atoms with E-state index in [-0.39, 0.29) is 0 Å². The lowest BCUT2D eigenvalue weighted by atomic mass is 10.2. The van der Waals surface area contributed by atoms with E-state index in [9.17, 15) is 0 Å². The van der Waals surface area contributed by atoms with Crippen LogP contribution in [0.4, 0.5) is 0 Å². The molecular formula is C15H20N6. The predicted octanol–water partition coefficient (Wildman–Crippen LogP) is 1.61. The van der Waals surface area contributed by atoms with Crippen LogP contribution >= 0.6 is 0 Å². The van der Waals surface area contributed by atoms with Crippen LogP contribution < -0.4 is 5.32 Å². The second-order valence-corrected chi connectivity index (χ2v) is 5.44. The number of nitrogens with one attached hydrogen (secondary N) is 1. The highest BCUT2D eigenvalue weighted by atomic mass is 15.3. The predicted molar refractivity (Wildman–Crippen MR) is 81.7 cm³/mol. The molecule has 6 heteroatoms. The van der Waals surface area contributed by atoms with E-state index in [1.807, 2.05) is 43.5 Å². The largest absolute Gasteiger partial charge is 0.308 e. The first-order valence-corrected chi connectivity index (χ1v) is 7.02. The van der Waals surface area contributed by atoms with Gasteiger partial charge in [0.25, 0.3) is 0 Å². The average Bonchev–Trinajstić information content (AvgIpc) is 2.90. The molecule has 21 heavy (non-hydrogen) atoms. The Labute approximate surface area is 123 Å². The van der Waals surface area contributed by atoms with E-state index in [1.54, 1.807) is 0 Å². The molecule has 0 aromatic carbocycles. The molecule has 0 atom stereocenters. The number of rotatable bonds is 4. The normalized spacial score (nSPS) is 11.4. The lowest BCUT2D eigenvalue weighted by Gasteiger charge is -2.04. The zero-order valence-corrected chi connectivity index (χ0v) is 12.9. The summed E-state index contributed by atoms with van der Waals surface area (Å²) < 4.78 is 3.67. The first-order valence-electron chi connectivity index (χ1n) is 7.02. The van der Waals surface area contributed by atoms with Gasteiger partial charge in [0.1, 0.15) is 0 Å². The molecule has 0 unspecified atom stereocenters. The van der Waals surface area contributed by atoms with Crippen molar-refractivity contribution in [2.75, 3.05) is 0 Å². The molecule has 0 saturated heterocycles. The molecule has 1 N–H and O–H groups in total. The Balaban J connectivity index is 1.71. The lowest BCUT2D eigenvalue weighted by molar-refractivity contribution is 0.688. The minimum atomic E-state index is 0.783. The first-order chi connectivity index (χ1) is 10.0. The summed E-state index contributed by atoms with van der Waals surface area (Å²) >= 11 is 0. The van der Waals surface area contributed by atoms with Gasteiger partial charge in [-0.05, 0) is 25.5 Å². The van der Waals surface area contributed by atoms with Crippen molar-refractivity contribution in [1.29, 1.82) is 0 Å². The van der Waals surface area contributed by atoms with Crippen molar-refractivity contribution in [3.63, 3.8) is 0 Å². The van der Waals surface area contributed by atoms with Gasteiger partial charge >= 0.3 is 0 Å². The van der Waals surface area contributed by atoms with E-state index in [1.165, 1.54) is 11.1 Å². The maximum atomic E-state index is 4.49. The maximum absolute atomic E-state index is 4.49. The molecule has 0 aliphatic carbocycles. The minimum absolute atomic E-state index is 0.783. The number of fused-ring (bicyclic) bond motifs is 1. The van der Waals surface area contributed by atoms with Crippen LogP contribution in [0.25, 0.3) is 11.0 Å². The van der Waals surface area contributed by atoms with Crippen LogP contribution in [-0.4, -0.2) is 24.5 Å². The Kier molecular flexibility index (Phi) is 3.47. The van der Waals surface area contributed by atoms with Gasteiger partial charge in [-0.2, -0.15) is 10.2 Å². The standard InChI is InChI=1S/C15H20N6/c1-10-13(9-20(3)18-10)8-16-6-12-5-14-11(2)19-21(4)15(14)17-7-12/h5,7,9,16H,6,8H2,1-4H3. The molecule has 0 spiro atoms. The fraction of sp³-hybridized carbons (Fsp3) is 0.400. The van der Waals surface area contributed by atoms with Gasteiger partial charge in [0.2, 0.25) is 0 Å². The van der Waals surface area contributed by atoms with Gasteiger partial charge in [-0.3, -0.25) is 9.36 Å². The van der Waals surface area contributed by atoms with Crippen molar-refractivity contribution in [2.45, 2.75) is 26.9 Å². The molecule has 110 valence electrons. The van der Waals surface area contributed by atoms with Gasteiger partial charge in [0, 0.05) is 50.5 Å². The third-order valence-corrected chi connectivity index (χ3v) is 3.68. The molecule has 3 rings (SSSR count). The van der Waals surface area contributed by atoms with Gasteiger partial charge in [0.15, 0.2) is 5.65 Å². The monoisotopic (exact) mass is 284 g/mol. The second kappa shape index (κ2) is 5.29. The van der Waals surface area contributed by atoms with Crippen LogP contribution in [0.15, 0.2) is 18.5 Å². The van der Waals surface area contributed by atoms with E-state index >= 15 is 0 Å². The molecule has 0 amide bonds. The SMILES string of the molecule is Cc1nn(C)cc1CNCc1cnc2c(c1)c(C)nn2C. The Morgan fingerprint density at radius 2 is 1.90 bits per heavy atom. The summed E-state index contributed by atoms with van der Waals surface area (Å²) in [6.45, 7) is 5.64. The third kappa shape index (κ3) is 2.67. The molecule has 0 radical (unpaired) electrons. The second-order valence-electron chi connectivity index (χ2n) is 5.44. The Morgan fingerprint density at radius 1 is 1.10 bits per heavy atom. The van der Waals surface area contributed by atoms with E-state index in [4.69, 9.17) is 0 Å². The molecule has 0 aliphatic rings. The van der Waals surface area contributed by atoms with Gasteiger partial charge in [-0.1, -0.05) is 0 Å². The number of hydrogen-bond donors (Lipinski definition) is 1. The number of aromatic nitrogens is 5. The minimum Gasteiger partial charge on any atom is -0.308 e. The summed E-state index contributed by atoms with van der Waals surface area (Å²) in [6, 6.07) is 2.16. The van der Waals surface area contributed by atoms with E-state index in [2.05, 4.69) is 32.8 Å². The molecule has 3 heterocycles. The summed E-state index contributed by atoms with van der Waals surface area (Å²) in [5.41, 5.74) is 5.41. The Morgan fingerprint density at radius 3 is 2.62 bits per heavy atom. The summed E-state index contributed by atoms with van der Waals surface area (Å²) in [6.07, 6.45) is 3.96. The number of hydrogen-bond acceptors (Lipinski definition) is 4. The van der Waals surface area contributed by atoms with Crippen LogP contribution in [0.3, 0.4) is 0 Å². The third-order valence-electron chi connectivity index (χ3n) is 3.68. The fourth-order valence-electron chi connectivity index (χ4n) is 2.61. The lowest BCUT2D eigenvalue weighted by Crippen LogP contribution is -2.13. The molecule has 0 fully saturated rings. The number of aryl methyl sites for hydroxylation is 4. The van der Waals surface area contributed by atoms with Crippen LogP contribution in [0, 0.1) is 13.8 Å². The van der Waals surface area contributed by atoms with Crippen LogP contribution in [-0.2, 0) is 27.2 Å². The number of nitrogens with zero attached hydrogens (tertiary/aromatic N) is 5. The molecule has 3 aromatic heterocycles. The Bertz CT molecular complexity index is 783. The smallest absolute Gasteiger partial charge is 0.157 e. The molecule has 3 aromatic rings. The first kappa shape index (κ1) is 13.8. The van der Waals surface area contributed by atoms with Gasteiger partial charge in [-0.25, -0.2) is 4.98 Å². The maximum Gasteiger partial charge on any atom is 0.157 e. The van der Waals surface area contributed by atoms with Crippen LogP contribution in [0.5, 0.6) is 0 Å². The van der Waals surface area contributed by atoms with Gasteiger partial charge in [0.05, 0.1) is 11.4 Å². The van der Waals surface area contributed by atoms with Crippen LogP contribution in [0.2, 0.25) is 0 Å². The number of pyridine rings is 1. The summed E-state index contributed by atoms with van der Waals surface area (Å²) in [4.78, 5) is 4.49. The van der Waals surface area contributed by atoms with Gasteiger partial charge in [-0.15, -0.1) is 0 Å². The van der Waals surface area contributed by atoms with Crippen molar-refractivity contribution in [3.8, 4) is 0 Å². The molecule has 6 nitrogen and oxygen atoms in total. The van der Waals surface area contributed by atoms with Crippen molar-refractivity contribution in [2.24, 2.45) is 14.1 Å². The summed E-state index contributed by atoms with van der Waals surface area (Å²) in [7, 11) is 3.87. The summed E-state index contributed by atoms with van der Waals surface area (Å²) in [5.74, 6) is 0. The fourth-order valence-corrected chi connectivity index (χ4v) is 2.61. The highest BCUT2D eigenvalue weighted by Gasteiger charge is 2.07. The van der Waals surface area contributed by atoms with Crippen molar-refractivity contribution >= 4 is 11.0 Å². The molecule has 0 aliphatic heterocycles. The zero-order valence-electron chi connectivity index (χ0n) is 12.9. The highest BCUT2D eigenvalue weighted by Crippen LogP contribution is 2.16. The Hall–Kier alpha value is -2.21.